The van der Waals surface area contributed by atoms with E-state index in [0.29, 0.717) is 18.7 Å². The van der Waals surface area contributed by atoms with E-state index in [4.69, 9.17) is 9.15 Å². The topological polar surface area (TPSA) is 106 Å². The van der Waals surface area contributed by atoms with Crippen molar-refractivity contribution in [2.45, 2.75) is 18.7 Å². The highest BCUT2D eigenvalue weighted by atomic mass is 32.2. The number of anilines is 1. The van der Waals surface area contributed by atoms with E-state index >= 15 is 0 Å². The van der Waals surface area contributed by atoms with E-state index in [2.05, 4.69) is 5.32 Å². The molecule has 9 heteroatoms. The molecule has 0 saturated heterocycles. The summed E-state index contributed by atoms with van der Waals surface area (Å²) in [5.41, 5.74) is 0.827. The molecule has 30 heavy (non-hydrogen) atoms. The van der Waals surface area contributed by atoms with Crippen molar-refractivity contribution in [1.29, 1.82) is 0 Å². The van der Waals surface area contributed by atoms with Gasteiger partial charge in [0.1, 0.15) is 5.58 Å². The van der Waals surface area contributed by atoms with Gasteiger partial charge in [-0.3, -0.25) is 4.79 Å². The highest BCUT2D eigenvalue weighted by Gasteiger charge is 2.22. The zero-order chi connectivity index (χ0) is 21.7. The molecule has 1 aromatic heterocycles. The third-order valence-electron chi connectivity index (χ3n) is 4.42. The van der Waals surface area contributed by atoms with E-state index in [-0.39, 0.29) is 16.3 Å². The Bertz CT molecular complexity index is 1130. The van der Waals surface area contributed by atoms with Crippen LogP contribution in [-0.4, -0.2) is 44.3 Å². The lowest BCUT2D eigenvalue weighted by molar-refractivity contribution is -0.119. The largest absolute Gasteiger partial charge is 0.450 e. The average molecular weight is 430 g/mol. The van der Waals surface area contributed by atoms with Gasteiger partial charge in [-0.25, -0.2) is 13.2 Å². The molecule has 1 heterocycles. The number of hydrogen-bond donors (Lipinski definition) is 1. The number of furan rings is 1. The average Bonchev–Trinajstić information content (AvgIpc) is 3.17. The second kappa shape index (κ2) is 9.10. The number of nitrogens with zero attached hydrogens (tertiary/aromatic N) is 1. The molecule has 1 amide bonds. The van der Waals surface area contributed by atoms with Crippen LogP contribution in [0.5, 0.6) is 0 Å². The van der Waals surface area contributed by atoms with E-state index < -0.39 is 28.5 Å². The first-order valence-electron chi connectivity index (χ1n) is 9.41. The number of para-hydroxylation sites is 1. The third kappa shape index (κ3) is 4.69. The summed E-state index contributed by atoms with van der Waals surface area (Å²) in [5.74, 6) is -1.37. The number of fused-ring (bicyclic) bond motifs is 1. The second-order valence-corrected chi connectivity index (χ2v) is 8.33. The lowest BCUT2D eigenvalue weighted by Gasteiger charge is -2.18. The molecule has 8 nitrogen and oxygen atoms in total. The Balaban J connectivity index is 1.63. The highest BCUT2D eigenvalue weighted by molar-refractivity contribution is 7.89. The summed E-state index contributed by atoms with van der Waals surface area (Å²) in [6.07, 6.45) is 0. The van der Waals surface area contributed by atoms with Gasteiger partial charge in [0.25, 0.3) is 5.91 Å². The smallest absolute Gasteiger partial charge is 0.374 e. The van der Waals surface area contributed by atoms with Gasteiger partial charge in [-0.15, -0.1) is 0 Å². The van der Waals surface area contributed by atoms with Gasteiger partial charge in [0.15, 0.2) is 6.61 Å². The Kier molecular flexibility index (Phi) is 6.53. The standard InChI is InChI=1S/C21H22N2O6S/c1-3-23(4-2)30(26,27)17-10-7-9-16(13-17)22-20(24)14-28-21(25)19-12-15-8-5-6-11-18(15)29-19/h5-13H,3-4,14H2,1-2H3,(H,22,24). The number of sulfonamides is 1. The Labute approximate surface area is 174 Å². The van der Waals surface area contributed by atoms with Crippen LogP contribution >= 0.6 is 0 Å². The number of carbonyl (C=O) groups excluding carboxylic acids is 2. The summed E-state index contributed by atoms with van der Waals surface area (Å²) in [6, 6.07) is 14.6. The lowest BCUT2D eigenvalue weighted by Crippen LogP contribution is -2.30. The summed E-state index contributed by atoms with van der Waals surface area (Å²) in [5, 5.41) is 3.28. The molecular weight excluding hydrogens is 408 g/mol. The van der Waals surface area contributed by atoms with Gasteiger partial charge >= 0.3 is 5.97 Å². The van der Waals surface area contributed by atoms with Crippen molar-refractivity contribution >= 4 is 38.6 Å². The quantitative estimate of drug-likeness (QED) is 0.550. The predicted octanol–water partition coefficient (Wildman–Crippen LogP) is 3.26. The summed E-state index contributed by atoms with van der Waals surface area (Å²) >= 11 is 0. The van der Waals surface area contributed by atoms with E-state index in [1.165, 1.54) is 28.6 Å². The molecule has 0 unspecified atom stereocenters. The Morgan fingerprint density at radius 2 is 1.77 bits per heavy atom. The van der Waals surface area contributed by atoms with E-state index in [9.17, 15) is 18.0 Å². The number of amides is 1. The van der Waals surface area contributed by atoms with Crippen LogP contribution in [0.4, 0.5) is 5.69 Å². The van der Waals surface area contributed by atoms with Crippen molar-refractivity contribution in [3.05, 3.63) is 60.4 Å². The minimum atomic E-state index is -3.65. The first-order valence-corrected chi connectivity index (χ1v) is 10.8. The van der Waals surface area contributed by atoms with Crippen LogP contribution in [-0.2, 0) is 19.6 Å². The minimum Gasteiger partial charge on any atom is -0.450 e. The molecule has 0 aliphatic rings. The van der Waals surface area contributed by atoms with E-state index in [0.717, 1.165) is 5.39 Å². The number of hydrogen-bond acceptors (Lipinski definition) is 6. The molecule has 0 aliphatic heterocycles. The zero-order valence-corrected chi connectivity index (χ0v) is 17.4. The summed E-state index contributed by atoms with van der Waals surface area (Å²) in [4.78, 5) is 24.3. The van der Waals surface area contributed by atoms with Crippen molar-refractivity contribution in [1.82, 2.24) is 4.31 Å². The molecule has 3 rings (SSSR count). The molecule has 0 radical (unpaired) electrons. The van der Waals surface area contributed by atoms with Crippen LogP contribution in [0, 0.1) is 0 Å². The maximum absolute atomic E-state index is 12.6. The van der Waals surface area contributed by atoms with Crippen molar-refractivity contribution in [3.63, 3.8) is 0 Å². The van der Waals surface area contributed by atoms with Crippen molar-refractivity contribution < 1.29 is 27.2 Å². The zero-order valence-electron chi connectivity index (χ0n) is 16.6. The van der Waals surface area contributed by atoms with Gasteiger partial charge in [0.2, 0.25) is 15.8 Å². The highest BCUT2D eigenvalue weighted by Crippen LogP contribution is 2.21. The molecule has 2 aromatic carbocycles. The Morgan fingerprint density at radius 3 is 2.47 bits per heavy atom. The molecule has 3 aromatic rings. The number of rotatable bonds is 8. The van der Waals surface area contributed by atoms with Crippen LogP contribution in [0.2, 0.25) is 0 Å². The van der Waals surface area contributed by atoms with Gasteiger partial charge in [0, 0.05) is 24.2 Å². The summed E-state index contributed by atoms with van der Waals surface area (Å²) in [7, 11) is -3.65. The predicted molar refractivity (Wildman–Crippen MR) is 112 cm³/mol. The van der Waals surface area contributed by atoms with Crippen LogP contribution in [0.1, 0.15) is 24.4 Å². The Hall–Kier alpha value is -3.17. The molecule has 0 saturated carbocycles. The molecular formula is C21H22N2O6S. The van der Waals surface area contributed by atoms with Gasteiger partial charge in [-0.2, -0.15) is 4.31 Å². The van der Waals surface area contributed by atoms with Crippen LogP contribution in [0.3, 0.4) is 0 Å². The van der Waals surface area contributed by atoms with Gasteiger partial charge in [-0.05, 0) is 30.3 Å². The normalized spacial score (nSPS) is 11.6. The molecule has 0 bridgehead atoms. The first kappa shape index (κ1) is 21.5. The fourth-order valence-electron chi connectivity index (χ4n) is 2.93. The minimum absolute atomic E-state index is 0.00341. The SMILES string of the molecule is CCN(CC)S(=O)(=O)c1cccc(NC(=O)COC(=O)c2cc3ccccc3o2)c1. The fourth-order valence-corrected chi connectivity index (χ4v) is 4.43. The number of esters is 1. The number of carbonyl (C=O) groups is 2. The molecule has 0 fully saturated rings. The van der Waals surface area contributed by atoms with Crippen molar-refractivity contribution in [2.24, 2.45) is 0 Å². The first-order chi connectivity index (χ1) is 14.3. The summed E-state index contributed by atoms with van der Waals surface area (Å²) < 4.78 is 36.9. The Morgan fingerprint density at radius 1 is 1.03 bits per heavy atom. The fraction of sp³-hybridized carbons (Fsp3) is 0.238. The number of benzene rings is 2. The lowest BCUT2D eigenvalue weighted by atomic mass is 10.2. The van der Waals surface area contributed by atoms with Crippen LogP contribution in [0.15, 0.2) is 63.9 Å². The molecule has 0 aliphatic carbocycles. The molecule has 158 valence electrons. The van der Waals surface area contributed by atoms with Crippen molar-refractivity contribution in [3.8, 4) is 0 Å². The molecule has 0 spiro atoms. The van der Waals surface area contributed by atoms with Crippen LogP contribution < -0.4 is 5.32 Å². The van der Waals surface area contributed by atoms with Gasteiger partial charge in [-0.1, -0.05) is 38.1 Å². The number of nitrogens with one attached hydrogen (secondary N) is 1. The van der Waals surface area contributed by atoms with Crippen LogP contribution in [0.25, 0.3) is 11.0 Å². The molecule has 0 atom stereocenters. The molecule has 1 N–H and O–H groups in total. The monoisotopic (exact) mass is 430 g/mol. The second-order valence-electron chi connectivity index (χ2n) is 6.39. The summed E-state index contributed by atoms with van der Waals surface area (Å²) in [6.45, 7) is 3.65. The van der Waals surface area contributed by atoms with Gasteiger partial charge in [0.05, 0.1) is 4.90 Å². The van der Waals surface area contributed by atoms with E-state index in [1.54, 1.807) is 38.1 Å². The maximum Gasteiger partial charge on any atom is 0.374 e. The third-order valence-corrected chi connectivity index (χ3v) is 6.47. The van der Waals surface area contributed by atoms with Gasteiger partial charge < -0.3 is 14.5 Å². The van der Waals surface area contributed by atoms with Crippen molar-refractivity contribution in [2.75, 3.05) is 25.0 Å². The van der Waals surface area contributed by atoms with E-state index in [1.807, 2.05) is 6.07 Å². The maximum atomic E-state index is 12.6. The number of ether oxygens (including phenoxy) is 1.